The summed E-state index contributed by atoms with van der Waals surface area (Å²) in [6.07, 6.45) is 17.0. The molecule has 0 amide bonds. The predicted octanol–water partition coefficient (Wildman–Crippen LogP) is 7.41. The Balaban J connectivity index is 0.000000683. The van der Waals surface area contributed by atoms with E-state index in [0.717, 1.165) is 11.0 Å². The molecule has 0 atom stereocenters. The summed E-state index contributed by atoms with van der Waals surface area (Å²) in [5.74, 6) is 0. The Bertz CT molecular complexity index is 631. The lowest BCUT2D eigenvalue weighted by atomic mass is 10.1. The summed E-state index contributed by atoms with van der Waals surface area (Å²) >= 11 is 3.73. The third-order valence-corrected chi connectivity index (χ3v) is 7.76. The van der Waals surface area contributed by atoms with Gasteiger partial charge in [-0.3, -0.25) is 0 Å². The molecular weight excluding hydrogens is 474 g/mol. The topological polar surface area (TPSA) is 57.2 Å². The predicted molar refractivity (Wildman–Crippen MR) is 136 cm³/mol. The number of aryl methyl sites for hydroxylation is 1. The first-order valence-corrected chi connectivity index (χ1v) is 14.6. The van der Waals surface area contributed by atoms with Crippen molar-refractivity contribution in [2.45, 2.75) is 103 Å². The van der Waals surface area contributed by atoms with Gasteiger partial charge in [0.05, 0.1) is 25.0 Å². The first-order chi connectivity index (χ1) is 14.7. The molecule has 0 saturated carbocycles. The Hall–Kier alpha value is -0.430. The Morgan fingerprint density at radius 3 is 1.52 bits per heavy atom. The average molecular weight is 521 g/mol. The summed E-state index contributed by atoms with van der Waals surface area (Å²) in [5, 5.41) is 0. The fourth-order valence-corrected chi connectivity index (χ4v) is 4.45. The molecule has 0 aliphatic rings. The van der Waals surface area contributed by atoms with Crippen molar-refractivity contribution in [1.29, 1.82) is 0 Å². The largest absolute Gasteiger partial charge is 0.744 e. The van der Waals surface area contributed by atoms with Gasteiger partial charge in [0, 0.05) is 0 Å². The molecule has 31 heavy (non-hydrogen) atoms. The van der Waals surface area contributed by atoms with E-state index in [1.165, 1.54) is 107 Å². The first kappa shape index (κ1) is 30.6. The Labute approximate surface area is 201 Å². The summed E-state index contributed by atoms with van der Waals surface area (Å²) in [4.78, 5) is -0.178. The number of benzene rings is 1. The third-order valence-electron chi connectivity index (χ3n) is 5.70. The van der Waals surface area contributed by atoms with Crippen LogP contribution in [0.2, 0.25) is 0 Å². The minimum absolute atomic E-state index is 0.178. The zero-order valence-electron chi connectivity index (χ0n) is 20.4. The average Bonchev–Trinajstić information content (AvgIpc) is 2.73. The van der Waals surface area contributed by atoms with Crippen molar-refractivity contribution < 1.29 is 17.5 Å². The number of hydrogen-bond donors (Lipinski definition) is 0. The van der Waals surface area contributed by atoms with Gasteiger partial charge in [0.25, 0.3) is 0 Å². The van der Waals surface area contributed by atoms with E-state index in [-0.39, 0.29) is 4.90 Å². The minimum Gasteiger partial charge on any atom is -0.744 e. The van der Waals surface area contributed by atoms with Gasteiger partial charge >= 0.3 is 0 Å². The second kappa shape index (κ2) is 18.0. The smallest absolute Gasteiger partial charge is 0.134 e. The van der Waals surface area contributed by atoms with E-state index in [1.54, 1.807) is 12.1 Å². The molecule has 0 N–H and O–H groups in total. The van der Waals surface area contributed by atoms with Crippen molar-refractivity contribution in [2.75, 3.05) is 25.6 Å². The van der Waals surface area contributed by atoms with Crippen LogP contribution >= 0.6 is 15.9 Å². The highest BCUT2D eigenvalue weighted by Crippen LogP contribution is 2.15. The summed E-state index contributed by atoms with van der Waals surface area (Å²) in [7, 11) is -1.85. The van der Waals surface area contributed by atoms with Crippen molar-refractivity contribution in [2.24, 2.45) is 0 Å². The Morgan fingerprint density at radius 2 is 1.16 bits per heavy atom. The fraction of sp³-hybridized carbons (Fsp3) is 0.760. The second-order valence-electron chi connectivity index (χ2n) is 8.99. The molecule has 0 spiro atoms. The summed E-state index contributed by atoms with van der Waals surface area (Å²) in [6.45, 7) is 9.11. The molecule has 0 fully saturated rings. The van der Waals surface area contributed by atoms with Gasteiger partial charge in [-0.05, 0) is 60.7 Å². The maximum Gasteiger partial charge on any atom is 0.134 e. The molecular formula is C25H46BrNO3S. The lowest BCUT2D eigenvalue weighted by Crippen LogP contribution is -2.44. The molecule has 1 aromatic carbocycles. The maximum absolute atomic E-state index is 10.4. The monoisotopic (exact) mass is 519 g/mol. The van der Waals surface area contributed by atoms with Crippen LogP contribution in [-0.4, -0.2) is 43.0 Å². The lowest BCUT2D eigenvalue weighted by Gasteiger charge is -2.32. The molecule has 4 nitrogen and oxygen atoms in total. The quantitative estimate of drug-likeness (QED) is 0.0750. The van der Waals surface area contributed by atoms with E-state index < -0.39 is 10.1 Å². The van der Waals surface area contributed by atoms with E-state index >= 15 is 0 Å². The summed E-state index contributed by atoms with van der Waals surface area (Å²) in [5.41, 5.74) is 2.05. The standard InChI is InChI=1S/C18H39BrN.C7H8O3S/c1-4-6-8-10-12-14-16-20(3,18-19)17-15-13-11-9-7-5-2;1-6-2-4-7(5-3-6)11(8,9)10/h4-18H2,1-3H3;2-5H,1H3,(H,8,9,10)/q+1;/p-1. The van der Waals surface area contributed by atoms with Crippen LogP contribution in [0.4, 0.5) is 0 Å². The first-order valence-electron chi connectivity index (χ1n) is 12.1. The molecule has 0 heterocycles. The molecule has 6 heteroatoms. The zero-order valence-corrected chi connectivity index (χ0v) is 22.8. The Morgan fingerprint density at radius 1 is 0.774 bits per heavy atom. The van der Waals surface area contributed by atoms with E-state index in [1.807, 2.05) is 6.92 Å². The van der Waals surface area contributed by atoms with E-state index in [4.69, 9.17) is 0 Å². The number of rotatable bonds is 16. The highest BCUT2D eigenvalue weighted by atomic mass is 79.9. The number of halogens is 1. The molecule has 0 aliphatic heterocycles. The van der Waals surface area contributed by atoms with Crippen molar-refractivity contribution in [3.05, 3.63) is 29.8 Å². The summed E-state index contributed by atoms with van der Waals surface area (Å²) < 4.78 is 32.4. The number of alkyl halides is 1. The van der Waals surface area contributed by atoms with E-state index in [0.29, 0.717) is 0 Å². The number of unbranched alkanes of at least 4 members (excludes halogenated alkanes) is 10. The Kier molecular flexibility index (Phi) is 17.8. The number of nitrogens with zero attached hydrogens (tertiary/aromatic N) is 1. The van der Waals surface area contributed by atoms with Crippen molar-refractivity contribution in [3.63, 3.8) is 0 Å². The fourth-order valence-electron chi connectivity index (χ4n) is 3.48. The van der Waals surface area contributed by atoms with Crippen molar-refractivity contribution in [3.8, 4) is 0 Å². The van der Waals surface area contributed by atoms with Crippen LogP contribution in [0, 0.1) is 6.92 Å². The van der Waals surface area contributed by atoms with E-state index in [2.05, 4.69) is 36.8 Å². The normalized spacial score (nSPS) is 11.8. The molecule has 1 rings (SSSR count). The molecule has 0 aliphatic carbocycles. The highest BCUT2D eigenvalue weighted by molar-refractivity contribution is 9.09. The van der Waals surface area contributed by atoms with Crippen LogP contribution in [0.1, 0.15) is 96.5 Å². The van der Waals surface area contributed by atoms with Crippen LogP contribution in [0.5, 0.6) is 0 Å². The highest BCUT2D eigenvalue weighted by Gasteiger charge is 2.18. The van der Waals surface area contributed by atoms with Crippen molar-refractivity contribution >= 4 is 26.0 Å². The van der Waals surface area contributed by atoms with Gasteiger partial charge in [-0.15, -0.1) is 0 Å². The second-order valence-corrected chi connectivity index (χ2v) is 10.9. The van der Waals surface area contributed by atoms with E-state index in [9.17, 15) is 13.0 Å². The van der Waals surface area contributed by atoms with Gasteiger partial charge in [0.15, 0.2) is 0 Å². The van der Waals surface area contributed by atoms with Gasteiger partial charge < -0.3 is 9.04 Å². The van der Waals surface area contributed by atoms with Gasteiger partial charge in [-0.1, -0.05) is 82.9 Å². The van der Waals surface area contributed by atoms with Crippen LogP contribution < -0.4 is 0 Å². The van der Waals surface area contributed by atoms with Gasteiger partial charge in [0.1, 0.15) is 15.6 Å². The number of hydrogen-bond acceptors (Lipinski definition) is 3. The maximum atomic E-state index is 10.4. The number of quaternary nitrogens is 1. The molecule has 182 valence electrons. The summed E-state index contributed by atoms with van der Waals surface area (Å²) in [6, 6.07) is 5.78. The third kappa shape index (κ3) is 16.8. The molecule has 0 bridgehead atoms. The van der Waals surface area contributed by atoms with Crippen LogP contribution in [0.25, 0.3) is 0 Å². The minimum atomic E-state index is -4.27. The van der Waals surface area contributed by atoms with Gasteiger partial charge in [-0.2, -0.15) is 0 Å². The van der Waals surface area contributed by atoms with Gasteiger partial charge in [0.2, 0.25) is 0 Å². The molecule has 1 aromatic rings. The lowest BCUT2D eigenvalue weighted by molar-refractivity contribution is -0.896. The van der Waals surface area contributed by atoms with Crippen LogP contribution in [0.15, 0.2) is 29.2 Å². The molecule has 0 aromatic heterocycles. The van der Waals surface area contributed by atoms with Crippen LogP contribution in [-0.2, 0) is 10.1 Å². The molecule has 0 radical (unpaired) electrons. The van der Waals surface area contributed by atoms with Gasteiger partial charge in [-0.25, -0.2) is 8.42 Å². The van der Waals surface area contributed by atoms with Crippen molar-refractivity contribution in [1.82, 2.24) is 0 Å². The SMILES string of the molecule is CCCCCCCC[N+](C)(CBr)CCCCCCCC.Cc1ccc(S(=O)(=O)[O-])cc1. The zero-order chi connectivity index (χ0) is 23.6. The van der Waals surface area contributed by atoms with Crippen LogP contribution in [0.3, 0.4) is 0 Å². The molecule has 0 saturated heterocycles. The molecule has 0 unspecified atom stereocenters.